The predicted octanol–water partition coefficient (Wildman–Crippen LogP) is 2.91. The molecule has 1 aromatic heterocycles. The van der Waals surface area contributed by atoms with Gasteiger partial charge in [-0.15, -0.1) is 12.4 Å². The highest BCUT2D eigenvalue weighted by atomic mass is 35.5. The molecule has 7 heteroatoms. The summed E-state index contributed by atoms with van der Waals surface area (Å²) in [5, 5.41) is 7.47. The molecule has 1 saturated carbocycles. The second-order valence-corrected chi connectivity index (χ2v) is 6.78. The van der Waals surface area contributed by atoms with Crippen LogP contribution in [0.1, 0.15) is 50.1 Å². The molecule has 126 valence electrons. The summed E-state index contributed by atoms with van der Waals surface area (Å²) in [6, 6.07) is 1.56. The third kappa shape index (κ3) is 5.18. The molecule has 0 saturated heterocycles. The number of aryl methyl sites for hydroxylation is 1. The van der Waals surface area contributed by atoms with E-state index in [1.54, 1.807) is 16.4 Å². The van der Waals surface area contributed by atoms with E-state index in [1.807, 2.05) is 19.4 Å². The van der Waals surface area contributed by atoms with E-state index < -0.39 is 6.04 Å². The Balaban J connectivity index is 0.00000242. The van der Waals surface area contributed by atoms with Crippen molar-refractivity contribution in [3.8, 4) is 0 Å². The second kappa shape index (κ2) is 9.43. The van der Waals surface area contributed by atoms with Gasteiger partial charge in [-0.2, -0.15) is 16.9 Å². The Morgan fingerprint density at radius 3 is 2.82 bits per heavy atom. The number of thioether (sulfide) groups is 1. The molecular weight excluding hydrogens is 320 g/mol. The van der Waals surface area contributed by atoms with Gasteiger partial charge >= 0.3 is 0 Å². The number of amides is 1. The largest absolute Gasteiger partial charge is 0.320 e. The van der Waals surface area contributed by atoms with Crippen molar-refractivity contribution in [1.29, 1.82) is 0 Å². The normalized spacial score (nSPS) is 16.9. The Bertz CT molecular complexity index is 474. The van der Waals surface area contributed by atoms with E-state index in [4.69, 9.17) is 5.73 Å². The number of aromatic nitrogens is 2. The lowest BCUT2D eigenvalue weighted by Crippen LogP contribution is -2.36. The van der Waals surface area contributed by atoms with Crippen molar-refractivity contribution in [3.63, 3.8) is 0 Å². The fourth-order valence-corrected chi connectivity index (χ4v) is 3.29. The number of hydrogen-bond donors (Lipinski definition) is 2. The molecule has 0 aliphatic heterocycles. The molecule has 0 aromatic carbocycles. The first-order valence-corrected chi connectivity index (χ1v) is 9.10. The Morgan fingerprint density at radius 1 is 1.50 bits per heavy atom. The molecule has 0 radical (unpaired) electrons. The molecule has 1 aromatic rings. The van der Waals surface area contributed by atoms with Crippen molar-refractivity contribution in [1.82, 2.24) is 9.78 Å². The zero-order chi connectivity index (χ0) is 15.2. The summed E-state index contributed by atoms with van der Waals surface area (Å²) in [4.78, 5) is 12.1. The minimum absolute atomic E-state index is 0. The van der Waals surface area contributed by atoms with E-state index in [-0.39, 0.29) is 18.3 Å². The molecule has 0 unspecified atom stereocenters. The van der Waals surface area contributed by atoms with Gasteiger partial charge in [0.2, 0.25) is 5.91 Å². The quantitative estimate of drug-likeness (QED) is 0.830. The van der Waals surface area contributed by atoms with Gasteiger partial charge in [0.25, 0.3) is 0 Å². The van der Waals surface area contributed by atoms with Gasteiger partial charge in [0, 0.05) is 19.0 Å². The maximum atomic E-state index is 12.1. The SMILES string of the molecule is CSCC[C@H](N)C(=O)Nc1cc(C2CCCCC2)nn1C.Cl. The van der Waals surface area contributed by atoms with Crippen LogP contribution < -0.4 is 11.1 Å². The molecule has 22 heavy (non-hydrogen) atoms. The molecule has 1 aliphatic carbocycles. The number of carbonyl (C=O) groups is 1. The second-order valence-electron chi connectivity index (χ2n) is 5.79. The summed E-state index contributed by atoms with van der Waals surface area (Å²) in [6.45, 7) is 0. The third-order valence-electron chi connectivity index (χ3n) is 4.14. The van der Waals surface area contributed by atoms with Gasteiger partial charge in [0.15, 0.2) is 0 Å². The Labute approximate surface area is 143 Å². The van der Waals surface area contributed by atoms with Gasteiger partial charge in [-0.05, 0) is 31.3 Å². The van der Waals surface area contributed by atoms with E-state index in [2.05, 4.69) is 10.4 Å². The number of halogens is 1. The Morgan fingerprint density at radius 2 is 2.18 bits per heavy atom. The van der Waals surface area contributed by atoms with E-state index in [9.17, 15) is 4.79 Å². The zero-order valence-corrected chi connectivity index (χ0v) is 15.0. The van der Waals surface area contributed by atoms with Gasteiger partial charge in [-0.3, -0.25) is 9.48 Å². The fraction of sp³-hybridized carbons (Fsp3) is 0.733. The topological polar surface area (TPSA) is 72.9 Å². The summed E-state index contributed by atoms with van der Waals surface area (Å²) >= 11 is 1.70. The van der Waals surface area contributed by atoms with Crippen LogP contribution in [0.2, 0.25) is 0 Å². The Hall–Kier alpha value is -0.720. The van der Waals surface area contributed by atoms with E-state index in [0.717, 1.165) is 17.3 Å². The fourth-order valence-electron chi connectivity index (χ4n) is 2.80. The van der Waals surface area contributed by atoms with Crippen molar-refractivity contribution < 1.29 is 4.79 Å². The minimum Gasteiger partial charge on any atom is -0.320 e. The maximum absolute atomic E-state index is 12.1. The molecule has 0 spiro atoms. The molecule has 1 aliphatic rings. The third-order valence-corrected chi connectivity index (χ3v) is 4.79. The molecular formula is C15H27ClN4OS. The summed E-state index contributed by atoms with van der Waals surface area (Å²) in [7, 11) is 1.87. The standard InChI is InChI=1S/C15H26N4OS.ClH/c1-19-14(17-15(20)12(16)8-9-21-2)10-13(18-19)11-6-4-3-5-7-11;/h10-12H,3-9,16H2,1-2H3,(H,17,20);1H/t12-;/m0./s1. The molecule has 0 bridgehead atoms. The van der Waals surface area contributed by atoms with Crippen LogP contribution in [0.25, 0.3) is 0 Å². The number of nitrogens with one attached hydrogen (secondary N) is 1. The highest BCUT2D eigenvalue weighted by Gasteiger charge is 2.21. The van der Waals surface area contributed by atoms with Crippen LogP contribution in [0.3, 0.4) is 0 Å². The van der Waals surface area contributed by atoms with Crippen LogP contribution in [0.15, 0.2) is 6.07 Å². The van der Waals surface area contributed by atoms with Gasteiger partial charge in [0.1, 0.15) is 5.82 Å². The zero-order valence-electron chi connectivity index (χ0n) is 13.4. The first-order valence-electron chi connectivity index (χ1n) is 7.71. The van der Waals surface area contributed by atoms with E-state index >= 15 is 0 Å². The number of nitrogens with two attached hydrogens (primary N) is 1. The average molecular weight is 347 g/mol. The molecule has 3 N–H and O–H groups in total. The molecule has 1 fully saturated rings. The molecule has 1 atom stereocenters. The van der Waals surface area contributed by atoms with Crippen LogP contribution in [-0.4, -0.2) is 33.7 Å². The summed E-state index contributed by atoms with van der Waals surface area (Å²) in [5.41, 5.74) is 7.00. The number of rotatable bonds is 6. The lowest BCUT2D eigenvalue weighted by molar-refractivity contribution is -0.117. The molecule has 2 rings (SSSR count). The lowest BCUT2D eigenvalue weighted by atomic mass is 9.87. The van der Waals surface area contributed by atoms with Crippen LogP contribution >= 0.6 is 24.2 Å². The van der Waals surface area contributed by atoms with E-state index in [1.165, 1.54) is 32.1 Å². The number of nitrogens with zero attached hydrogens (tertiary/aromatic N) is 2. The smallest absolute Gasteiger partial charge is 0.242 e. The van der Waals surface area contributed by atoms with Crippen molar-refractivity contribution in [3.05, 3.63) is 11.8 Å². The maximum Gasteiger partial charge on any atom is 0.242 e. The van der Waals surface area contributed by atoms with Crippen LogP contribution in [0, 0.1) is 0 Å². The van der Waals surface area contributed by atoms with E-state index in [0.29, 0.717) is 12.3 Å². The summed E-state index contributed by atoms with van der Waals surface area (Å²) in [6.07, 6.45) is 9.01. The molecule has 1 amide bonds. The highest BCUT2D eigenvalue weighted by Crippen LogP contribution is 2.32. The number of carbonyl (C=O) groups excluding carboxylic acids is 1. The van der Waals surface area contributed by atoms with Gasteiger partial charge in [-0.25, -0.2) is 0 Å². The van der Waals surface area contributed by atoms with Crippen molar-refractivity contribution in [2.24, 2.45) is 12.8 Å². The average Bonchev–Trinajstić information content (AvgIpc) is 2.86. The molecule has 1 heterocycles. The summed E-state index contributed by atoms with van der Waals surface area (Å²) in [5.74, 6) is 2.07. The van der Waals surface area contributed by atoms with Gasteiger partial charge in [0.05, 0.1) is 11.7 Å². The van der Waals surface area contributed by atoms with Crippen molar-refractivity contribution in [2.45, 2.75) is 50.5 Å². The summed E-state index contributed by atoms with van der Waals surface area (Å²) < 4.78 is 1.75. The molecule has 5 nitrogen and oxygen atoms in total. The highest BCUT2D eigenvalue weighted by molar-refractivity contribution is 7.98. The number of anilines is 1. The minimum atomic E-state index is -0.453. The number of hydrogen-bond acceptors (Lipinski definition) is 4. The van der Waals surface area contributed by atoms with Gasteiger partial charge in [-0.1, -0.05) is 19.3 Å². The van der Waals surface area contributed by atoms with Crippen LogP contribution in [-0.2, 0) is 11.8 Å². The van der Waals surface area contributed by atoms with Crippen LogP contribution in [0.5, 0.6) is 0 Å². The Kier molecular flexibility index (Phi) is 8.28. The van der Waals surface area contributed by atoms with Crippen molar-refractivity contribution in [2.75, 3.05) is 17.3 Å². The van der Waals surface area contributed by atoms with Crippen molar-refractivity contribution >= 4 is 35.9 Å². The predicted molar refractivity (Wildman–Crippen MR) is 95.9 cm³/mol. The van der Waals surface area contributed by atoms with Crippen LogP contribution in [0.4, 0.5) is 5.82 Å². The first kappa shape index (κ1) is 19.3. The first-order chi connectivity index (χ1) is 10.1. The van der Waals surface area contributed by atoms with Gasteiger partial charge < -0.3 is 11.1 Å². The monoisotopic (exact) mass is 346 g/mol. The lowest BCUT2D eigenvalue weighted by Gasteiger charge is -2.19.